The topological polar surface area (TPSA) is 67.4 Å². The van der Waals surface area contributed by atoms with Gasteiger partial charge >= 0.3 is 0 Å². The molecule has 6 heteroatoms. The van der Waals surface area contributed by atoms with E-state index in [4.69, 9.17) is 4.74 Å². The molecular weight excluding hydrogens is 340 g/mol. The van der Waals surface area contributed by atoms with Gasteiger partial charge in [-0.25, -0.2) is 9.97 Å². The molecule has 4 rings (SSSR count). The average molecular weight is 366 g/mol. The van der Waals surface area contributed by atoms with E-state index in [0.717, 1.165) is 44.6 Å². The normalized spacial score (nSPS) is 21.3. The maximum absolute atomic E-state index is 12.7. The lowest BCUT2D eigenvalue weighted by Gasteiger charge is -2.33. The fourth-order valence-electron chi connectivity index (χ4n) is 3.85. The van der Waals surface area contributed by atoms with Crippen molar-refractivity contribution >= 4 is 5.91 Å². The Labute approximate surface area is 160 Å². The lowest BCUT2D eigenvalue weighted by atomic mass is 10.0. The summed E-state index contributed by atoms with van der Waals surface area (Å²) in [5.74, 6) is 0.611. The van der Waals surface area contributed by atoms with Crippen LogP contribution >= 0.6 is 0 Å². The van der Waals surface area contributed by atoms with E-state index in [0.29, 0.717) is 17.5 Å². The smallest absolute Gasteiger partial charge is 0.251 e. The minimum Gasteiger partial charge on any atom is -0.377 e. The van der Waals surface area contributed by atoms with Gasteiger partial charge < -0.3 is 15.0 Å². The van der Waals surface area contributed by atoms with Gasteiger partial charge in [-0.15, -0.1) is 0 Å². The third-order valence-corrected chi connectivity index (χ3v) is 5.36. The summed E-state index contributed by atoms with van der Waals surface area (Å²) >= 11 is 0. The van der Waals surface area contributed by atoms with Gasteiger partial charge in [-0.3, -0.25) is 4.79 Å². The van der Waals surface area contributed by atoms with Crippen LogP contribution in [0.4, 0.5) is 0 Å². The first-order chi connectivity index (χ1) is 13.3. The Balaban J connectivity index is 1.31. The van der Waals surface area contributed by atoms with E-state index in [9.17, 15) is 4.79 Å². The zero-order valence-corrected chi connectivity index (χ0v) is 15.5. The van der Waals surface area contributed by atoms with E-state index in [1.54, 1.807) is 18.5 Å². The molecule has 0 saturated carbocycles. The third-order valence-electron chi connectivity index (χ3n) is 5.36. The molecule has 1 amide bonds. The Bertz CT molecular complexity index is 754. The molecule has 2 aliphatic rings. The van der Waals surface area contributed by atoms with Crippen LogP contribution in [-0.2, 0) is 4.74 Å². The zero-order chi connectivity index (χ0) is 18.5. The van der Waals surface area contributed by atoms with Gasteiger partial charge in [0.25, 0.3) is 5.91 Å². The summed E-state index contributed by atoms with van der Waals surface area (Å²) in [6.45, 7) is 3.97. The fraction of sp³-hybridized carbons (Fsp3) is 0.476. The zero-order valence-electron chi connectivity index (χ0n) is 15.5. The third kappa shape index (κ3) is 4.70. The van der Waals surface area contributed by atoms with Crippen molar-refractivity contribution in [3.8, 4) is 11.4 Å². The van der Waals surface area contributed by atoms with Gasteiger partial charge in [0.05, 0.1) is 6.10 Å². The Kier molecular flexibility index (Phi) is 5.75. The van der Waals surface area contributed by atoms with E-state index in [1.807, 2.05) is 24.3 Å². The van der Waals surface area contributed by atoms with Gasteiger partial charge in [0.2, 0.25) is 0 Å². The maximum atomic E-state index is 12.7. The van der Waals surface area contributed by atoms with Crippen LogP contribution in [-0.4, -0.2) is 59.2 Å². The van der Waals surface area contributed by atoms with E-state index < -0.39 is 0 Å². The van der Waals surface area contributed by atoms with Crippen LogP contribution in [0.25, 0.3) is 11.4 Å². The molecule has 0 spiro atoms. The number of nitrogens with one attached hydrogen (secondary N) is 1. The number of amides is 1. The number of ether oxygens (including phenoxy) is 1. The van der Waals surface area contributed by atoms with Gasteiger partial charge in [0.1, 0.15) is 0 Å². The van der Waals surface area contributed by atoms with E-state index in [1.165, 1.54) is 12.8 Å². The Morgan fingerprint density at radius 3 is 2.70 bits per heavy atom. The number of nitrogens with zero attached hydrogens (tertiary/aromatic N) is 3. The lowest BCUT2D eigenvalue weighted by molar-refractivity contribution is 0.0613. The second kappa shape index (κ2) is 8.59. The predicted octanol–water partition coefficient (Wildman–Crippen LogP) is 2.52. The molecule has 2 aliphatic heterocycles. The number of hydrogen-bond acceptors (Lipinski definition) is 5. The van der Waals surface area contributed by atoms with Gasteiger partial charge in [-0.1, -0.05) is 12.1 Å². The van der Waals surface area contributed by atoms with Crippen molar-refractivity contribution in [2.24, 2.45) is 0 Å². The molecule has 0 bridgehead atoms. The number of carbonyl (C=O) groups is 1. The molecule has 2 aromatic rings. The van der Waals surface area contributed by atoms with Crippen molar-refractivity contribution in [3.05, 3.63) is 48.3 Å². The molecule has 2 fully saturated rings. The van der Waals surface area contributed by atoms with E-state index in [-0.39, 0.29) is 11.9 Å². The van der Waals surface area contributed by atoms with Crippen molar-refractivity contribution < 1.29 is 9.53 Å². The number of hydrogen-bond donors (Lipinski definition) is 1. The Hall–Kier alpha value is -2.31. The molecule has 142 valence electrons. The number of carbonyl (C=O) groups excluding carboxylic acids is 1. The van der Waals surface area contributed by atoms with Crippen LogP contribution in [0.3, 0.4) is 0 Å². The van der Waals surface area contributed by atoms with Crippen molar-refractivity contribution in [3.63, 3.8) is 0 Å². The van der Waals surface area contributed by atoms with Crippen molar-refractivity contribution in [1.29, 1.82) is 0 Å². The van der Waals surface area contributed by atoms with Crippen molar-refractivity contribution in [2.75, 3.05) is 26.2 Å². The summed E-state index contributed by atoms with van der Waals surface area (Å²) in [6.07, 6.45) is 8.15. The maximum Gasteiger partial charge on any atom is 0.251 e. The molecule has 1 aromatic carbocycles. The molecule has 0 radical (unpaired) electrons. The number of aromatic nitrogens is 2. The lowest BCUT2D eigenvalue weighted by Crippen LogP contribution is -2.46. The molecule has 1 aromatic heterocycles. The van der Waals surface area contributed by atoms with Crippen molar-refractivity contribution in [1.82, 2.24) is 20.2 Å². The van der Waals surface area contributed by atoms with Crippen LogP contribution in [0.2, 0.25) is 0 Å². The summed E-state index contributed by atoms with van der Waals surface area (Å²) in [7, 11) is 0. The highest BCUT2D eigenvalue weighted by atomic mass is 16.5. The Morgan fingerprint density at radius 2 is 1.96 bits per heavy atom. The van der Waals surface area contributed by atoms with E-state index in [2.05, 4.69) is 20.2 Å². The number of likely N-dealkylation sites (tertiary alicyclic amines) is 1. The van der Waals surface area contributed by atoms with Crippen molar-refractivity contribution in [2.45, 2.75) is 37.8 Å². The van der Waals surface area contributed by atoms with Gasteiger partial charge in [0.15, 0.2) is 5.82 Å². The van der Waals surface area contributed by atoms with Crippen LogP contribution < -0.4 is 5.32 Å². The molecule has 1 atom stereocenters. The standard InChI is InChI=1S/C21H26N4O2/c26-21(17-5-1-4-16(14-17)20-22-9-3-10-23-20)24-18-7-11-25(12-8-18)15-19-6-2-13-27-19/h1,3-5,9-10,14,18-19H,2,6-8,11-13,15H2,(H,24,26)/t19-/m0/s1. The summed E-state index contributed by atoms with van der Waals surface area (Å²) in [6, 6.07) is 9.52. The molecule has 0 unspecified atom stereocenters. The highest BCUT2D eigenvalue weighted by Crippen LogP contribution is 2.18. The molecule has 27 heavy (non-hydrogen) atoms. The summed E-state index contributed by atoms with van der Waals surface area (Å²) in [5, 5.41) is 3.19. The summed E-state index contributed by atoms with van der Waals surface area (Å²) in [4.78, 5) is 23.6. The molecular formula is C21H26N4O2. The number of rotatable bonds is 5. The summed E-state index contributed by atoms with van der Waals surface area (Å²) < 4.78 is 5.73. The van der Waals surface area contributed by atoms with Crippen LogP contribution in [0.1, 0.15) is 36.0 Å². The second-order valence-electron chi connectivity index (χ2n) is 7.34. The largest absolute Gasteiger partial charge is 0.377 e. The molecule has 6 nitrogen and oxygen atoms in total. The first-order valence-electron chi connectivity index (χ1n) is 9.80. The highest BCUT2D eigenvalue weighted by Gasteiger charge is 2.25. The fourth-order valence-corrected chi connectivity index (χ4v) is 3.85. The van der Waals surface area contributed by atoms with Gasteiger partial charge in [0, 0.05) is 55.8 Å². The number of piperidine rings is 1. The van der Waals surface area contributed by atoms with Gasteiger partial charge in [-0.2, -0.15) is 0 Å². The quantitative estimate of drug-likeness (QED) is 0.881. The first-order valence-corrected chi connectivity index (χ1v) is 9.80. The van der Waals surface area contributed by atoms with E-state index >= 15 is 0 Å². The minimum atomic E-state index is -0.0228. The molecule has 2 saturated heterocycles. The minimum absolute atomic E-state index is 0.0228. The summed E-state index contributed by atoms with van der Waals surface area (Å²) in [5.41, 5.74) is 1.51. The average Bonchev–Trinajstić information content (AvgIpc) is 3.23. The van der Waals surface area contributed by atoms with Crippen LogP contribution in [0.5, 0.6) is 0 Å². The molecule has 1 N–H and O–H groups in total. The predicted molar refractivity (Wildman–Crippen MR) is 103 cm³/mol. The molecule has 0 aliphatic carbocycles. The molecule has 3 heterocycles. The highest BCUT2D eigenvalue weighted by molar-refractivity contribution is 5.95. The monoisotopic (exact) mass is 366 g/mol. The van der Waals surface area contributed by atoms with Crippen LogP contribution in [0, 0.1) is 0 Å². The van der Waals surface area contributed by atoms with Gasteiger partial charge in [-0.05, 0) is 43.9 Å². The Morgan fingerprint density at radius 1 is 1.15 bits per heavy atom. The second-order valence-corrected chi connectivity index (χ2v) is 7.34. The van der Waals surface area contributed by atoms with Crippen LogP contribution in [0.15, 0.2) is 42.7 Å². The number of benzene rings is 1. The first kappa shape index (κ1) is 18.1. The SMILES string of the molecule is O=C(NC1CCN(C[C@@H]2CCCO2)CC1)c1cccc(-c2ncccn2)c1.